The molecule has 2 aliphatic carbocycles. The number of fused-ring (bicyclic) bond motifs is 2. The predicted octanol–water partition coefficient (Wildman–Crippen LogP) is 5.71. The Balaban J connectivity index is 2.40. The maximum absolute atomic E-state index is 13.7. The first-order valence-electron chi connectivity index (χ1n) is 8.69. The number of halogens is 6. The highest BCUT2D eigenvalue weighted by Crippen LogP contribution is 2.63. The van der Waals surface area contributed by atoms with E-state index in [1.807, 2.05) is 0 Å². The summed E-state index contributed by atoms with van der Waals surface area (Å²) in [6.07, 6.45) is -11.6. The Bertz CT molecular complexity index is 457. The second kappa shape index (κ2) is 6.59. The summed E-state index contributed by atoms with van der Waals surface area (Å²) >= 11 is 0. The molecular weight excluding hydrogens is 350 g/mol. The lowest BCUT2D eigenvalue weighted by Gasteiger charge is -2.46. The van der Waals surface area contributed by atoms with Gasteiger partial charge in [-0.1, -0.05) is 13.8 Å². The van der Waals surface area contributed by atoms with Crippen molar-refractivity contribution in [1.29, 1.82) is 0 Å². The van der Waals surface area contributed by atoms with E-state index in [4.69, 9.17) is 4.74 Å². The molecule has 0 aromatic carbocycles. The van der Waals surface area contributed by atoms with Crippen LogP contribution in [0.15, 0.2) is 0 Å². The SMILES string of the molecule is CCOC(C)OC(CC1C2CCC(C2)C1(C)C)(C(F)(F)F)C(F)(F)F. The summed E-state index contributed by atoms with van der Waals surface area (Å²) in [5.74, 6) is -0.635. The third-order valence-electron chi connectivity index (χ3n) is 6.24. The third-order valence-corrected chi connectivity index (χ3v) is 6.24. The molecule has 4 atom stereocenters. The zero-order chi connectivity index (χ0) is 19.3. The number of alkyl halides is 6. The molecule has 2 nitrogen and oxygen atoms in total. The fraction of sp³-hybridized carbons (Fsp3) is 1.00. The summed E-state index contributed by atoms with van der Waals surface area (Å²) in [4.78, 5) is 0. The number of ether oxygens (including phenoxy) is 2. The molecule has 2 aliphatic rings. The van der Waals surface area contributed by atoms with Crippen LogP contribution < -0.4 is 0 Å². The van der Waals surface area contributed by atoms with Gasteiger partial charge in [0.2, 0.25) is 0 Å². The topological polar surface area (TPSA) is 18.5 Å². The first-order chi connectivity index (χ1) is 11.3. The molecule has 0 aromatic rings. The summed E-state index contributed by atoms with van der Waals surface area (Å²) in [5, 5.41) is 0. The van der Waals surface area contributed by atoms with Crippen molar-refractivity contribution >= 4 is 0 Å². The van der Waals surface area contributed by atoms with Crippen LogP contribution in [0.4, 0.5) is 26.3 Å². The van der Waals surface area contributed by atoms with E-state index in [-0.39, 0.29) is 18.4 Å². The molecule has 0 aromatic heterocycles. The van der Waals surface area contributed by atoms with Crippen molar-refractivity contribution in [2.75, 3.05) is 6.61 Å². The molecule has 8 heteroatoms. The fourth-order valence-electron chi connectivity index (χ4n) is 4.83. The predicted molar refractivity (Wildman–Crippen MR) is 79.7 cm³/mol. The summed E-state index contributed by atoms with van der Waals surface area (Å²) in [5.41, 5.74) is -4.77. The van der Waals surface area contributed by atoms with Crippen LogP contribution in [0.2, 0.25) is 0 Å². The molecule has 0 amide bonds. The summed E-state index contributed by atoms with van der Waals surface area (Å²) < 4.78 is 91.8. The minimum absolute atomic E-state index is 0.0351. The first-order valence-corrected chi connectivity index (χ1v) is 8.69. The molecule has 2 saturated carbocycles. The van der Waals surface area contributed by atoms with Gasteiger partial charge in [-0.05, 0) is 62.7 Å². The standard InChI is InChI=1S/C17H26F6O2/c1-5-24-10(2)25-15(16(18,19)20,17(21,22)23)9-13-11-6-7-12(8-11)14(13,3)4/h10-13H,5-9H2,1-4H3. The average Bonchev–Trinajstić information content (AvgIpc) is 2.97. The van der Waals surface area contributed by atoms with Gasteiger partial charge in [-0.2, -0.15) is 26.3 Å². The molecule has 2 bridgehead atoms. The number of hydrogen-bond donors (Lipinski definition) is 0. The van der Waals surface area contributed by atoms with Crippen LogP contribution in [0.1, 0.15) is 53.4 Å². The van der Waals surface area contributed by atoms with Crippen molar-refractivity contribution in [3.05, 3.63) is 0 Å². The summed E-state index contributed by atoms with van der Waals surface area (Å²) in [6, 6.07) is 0. The maximum atomic E-state index is 13.7. The Morgan fingerprint density at radius 2 is 1.60 bits per heavy atom. The molecule has 0 aliphatic heterocycles. The van der Waals surface area contributed by atoms with Crippen LogP contribution in [-0.4, -0.2) is 30.9 Å². The van der Waals surface area contributed by atoms with Crippen molar-refractivity contribution in [2.24, 2.45) is 23.2 Å². The van der Waals surface area contributed by atoms with Gasteiger partial charge in [0.25, 0.3) is 5.60 Å². The molecule has 2 fully saturated rings. The van der Waals surface area contributed by atoms with E-state index < -0.39 is 42.0 Å². The average molecular weight is 376 g/mol. The molecule has 0 spiro atoms. The monoisotopic (exact) mass is 376 g/mol. The van der Waals surface area contributed by atoms with Crippen LogP contribution in [0.5, 0.6) is 0 Å². The largest absolute Gasteiger partial charge is 0.426 e. The Kier molecular flexibility index (Phi) is 5.48. The molecule has 0 N–H and O–H groups in total. The van der Waals surface area contributed by atoms with E-state index in [9.17, 15) is 26.3 Å². The van der Waals surface area contributed by atoms with E-state index in [1.165, 1.54) is 6.92 Å². The molecule has 0 saturated heterocycles. The Labute approximate surface area is 144 Å². The second-order valence-electron chi connectivity index (χ2n) is 7.87. The zero-order valence-electron chi connectivity index (χ0n) is 14.9. The lowest BCUT2D eigenvalue weighted by Crippen LogP contribution is -2.62. The van der Waals surface area contributed by atoms with Crippen LogP contribution >= 0.6 is 0 Å². The van der Waals surface area contributed by atoms with Crippen LogP contribution in [0.25, 0.3) is 0 Å². The van der Waals surface area contributed by atoms with Crippen LogP contribution in [0, 0.1) is 23.2 Å². The maximum Gasteiger partial charge on any atom is 0.426 e. The smallest absolute Gasteiger partial charge is 0.353 e. The Morgan fingerprint density at radius 3 is 2.00 bits per heavy atom. The first kappa shape index (κ1) is 20.8. The van der Waals surface area contributed by atoms with E-state index in [2.05, 4.69) is 4.74 Å². The molecule has 148 valence electrons. The van der Waals surface area contributed by atoms with E-state index in [1.54, 1.807) is 13.8 Å². The minimum atomic E-state index is -5.57. The highest BCUT2D eigenvalue weighted by atomic mass is 19.4. The van der Waals surface area contributed by atoms with Crippen molar-refractivity contribution in [3.63, 3.8) is 0 Å². The Hall–Kier alpha value is -0.500. The van der Waals surface area contributed by atoms with Crippen molar-refractivity contribution < 1.29 is 35.8 Å². The van der Waals surface area contributed by atoms with Crippen molar-refractivity contribution in [1.82, 2.24) is 0 Å². The molecule has 4 unspecified atom stereocenters. The van der Waals surface area contributed by atoms with Gasteiger partial charge < -0.3 is 9.47 Å². The Morgan fingerprint density at radius 1 is 1.04 bits per heavy atom. The van der Waals surface area contributed by atoms with Gasteiger partial charge in [-0.25, -0.2) is 0 Å². The van der Waals surface area contributed by atoms with E-state index >= 15 is 0 Å². The second-order valence-corrected chi connectivity index (χ2v) is 7.87. The third kappa shape index (κ3) is 3.53. The quantitative estimate of drug-likeness (QED) is 0.437. The molecule has 0 heterocycles. The van der Waals surface area contributed by atoms with E-state index in [0.29, 0.717) is 12.8 Å². The van der Waals surface area contributed by atoms with Crippen LogP contribution in [0.3, 0.4) is 0 Å². The fourth-order valence-corrected chi connectivity index (χ4v) is 4.83. The van der Waals surface area contributed by atoms with Crippen molar-refractivity contribution in [3.8, 4) is 0 Å². The van der Waals surface area contributed by atoms with Gasteiger partial charge >= 0.3 is 12.4 Å². The van der Waals surface area contributed by atoms with Gasteiger partial charge in [-0.3, -0.25) is 0 Å². The van der Waals surface area contributed by atoms with Gasteiger partial charge in [0.05, 0.1) is 0 Å². The van der Waals surface area contributed by atoms with Gasteiger partial charge in [0, 0.05) is 6.61 Å². The lowest BCUT2D eigenvalue weighted by atomic mass is 9.65. The highest BCUT2D eigenvalue weighted by Gasteiger charge is 2.74. The highest BCUT2D eigenvalue weighted by molar-refractivity contribution is 5.07. The molecular formula is C17H26F6O2. The van der Waals surface area contributed by atoms with E-state index in [0.717, 1.165) is 13.3 Å². The van der Waals surface area contributed by atoms with Gasteiger partial charge in [0.15, 0.2) is 6.29 Å². The number of rotatable bonds is 6. The normalized spacial score (nSPS) is 30.7. The van der Waals surface area contributed by atoms with Gasteiger partial charge in [-0.15, -0.1) is 0 Å². The summed E-state index contributed by atoms with van der Waals surface area (Å²) in [7, 11) is 0. The zero-order valence-corrected chi connectivity index (χ0v) is 14.9. The van der Waals surface area contributed by atoms with Crippen LogP contribution in [-0.2, 0) is 9.47 Å². The van der Waals surface area contributed by atoms with Gasteiger partial charge in [0.1, 0.15) is 0 Å². The summed E-state index contributed by atoms with van der Waals surface area (Å²) in [6.45, 7) is 6.09. The molecule has 2 rings (SSSR count). The molecule has 25 heavy (non-hydrogen) atoms. The lowest BCUT2D eigenvalue weighted by molar-refractivity contribution is -0.412. The molecule has 0 radical (unpaired) electrons. The van der Waals surface area contributed by atoms with Crippen molar-refractivity contribution in [2.45, 2.75) is 77.6 Å². The number of hydrogen-bond acceptors (Lipinski definition) is 2. The minimum Gasteiger partial charge on any atom is -0.353 e.